The van der Waals surface area contributed by atoms with Crippen LogP contribution in [-0.2, 0) is 9.53 Å². The van der Waals surface area contributed by atoms with Crippen LogP contribution < -0.4 is 0 Å². The smallest absolute Gasteiger partial charge is 0.308 e. The molecule has 0 radical (unpaired) electrons. The Morgan fingerprint density at radius 2 is 2.12 bits per heavy atom. The van der Waals surface area contributed by atoms with E-state index in [4.69, 9.17) is 4.74 Å². The molecule has 0 aromatic rings. The molecule has 1 saturated heterocycles. The molecule has 4 heteroatoms. The van der Waals surface area contributed by atoms with Gasteiger partial charge in [-0.15, -0.1) is 0 Å². The van der Waals surface area contributed by atoms with Crippen LogP contribution in [0.2, 0.25) is 0 Å². The van der Waals surface area contributed by atoms with Crippen LogP contribution in [0.4, 0.5) is 0 Å². The minimum absolute atomic E-state index is 0.183. The van der Waals surface area contributed by atoms with Gasteiger partial charge in [0.25, 0.3) is 0 Å². The van der Waals surface area contributed by atoms with Crippen LogP contribution in [0.15, 0.2) is 0 Å². The number of carboxylic acid groups (broad SMARTS) is 1. The normalized spacial score (nSPS) is 38.5. The number of hydrogen-bond acceptors (Lipinski definition) is 3. The second-order valence-electron chi connectivity index (χ2n) is 5.61. The second-order valence-corrected chi connectivity index (χ2v) is 5.61. The average molecular weight is 241 g/mol. The third kappa shape index (κ3) is 2.80. The molecular formula is C13H23NO3. The summed E-state index contributed by atoms with van der Waals surface area (Å²) in [6, 6.07) is 0.593. The Bertz CT molecular complexity index is 276. The standard InChI is InChI=1S/C13H23NO3/c1-9-3-4-11(13(15)16)12(7-9)14(2)10-5-6-17-8-10/h9-12H,3-8H2,1-2H3,(H,15,16). The van der Waals surface area contributed by atoms with Gasteiger partial charge in [0.15, 0.2) is 0 Å². The first-order valence-corrected chi connectivity index (χ1v) is 6.62. The Morgan fingerprint density at radius 3 is 2.71 bits per heavy atom. The molecule has 1 heterocycles. The quantitative estimate of drug-likeness (QED) is 0.815. The van der Waals surface area contributed by atoms with Crippen molar-refractivity contribution >= 4 is 5.97 Å². The summed E-state index contributed by atoms with van der Waals surface area (Å²) >= 11 is 0. The summed E-state index contributed by atoms with van der Waals surface area (Å²) < 4.78 is 5.40. The molecule has 1 aliphatic heterocycles. The van der Waals surface area contributed by atoms with Gasteiger partial charge in [0, 0.05) is 18.7 Å². The molecule has 4 nitrogen and oxygen atoms in total. The molecule has 1 N–H and O–H groups in total. The van der Waals surface area contributed by atoms with Gasteiger partial charge in [-0.2, -0.15) is 0 Å². The molecule has 0 bridgehead atoms. The highest BCUT2D eigenvalue weighted by atomic mass is 16.5. The second kappa shape index (κ2) is 5.36. The van der Waals surface area contributed by atoms with Gasteiger partial charge in [0.05, 0.1) is 12.5 Å². The Morgan fingerprint density at radius 1 is 1.35 bits per heavy atom. The van der Waals surface area contributed by atoms with Crippen molar-refractivity contribution in [2.24, 2.45) is 11.8 Å². The first-order chi connectivity index (χ1) is 8.09. The van der Waals surface area contributed by atoms with Crippen LogP contribution in [0.25, 0.3) is 0 Å². The SMILES string of the molecule is CC1CCC(C(=O)O)C(N(C)C2CCOC2)C1. The summed E-state index contributed by atoms with van der Waals surface area (Å²) in [7, 11) is 2.07. The van der Waals surface area contributed by atoms with Crippen molar-refractivity contribution < 1.29 is 14.6 Å². The maximum Gasteiger partial charge on any atom is 0.308 e. The van der Waals surface area contributed by atoms with Crippen molar-refractivity contribution in [3.05, 3.63) is 0 Å². The molecule has 4 atom stereocenters. The van der Waals surface area contributed by atoms with Gasteiger partial charge in [-0.05, 0) is 38.6 Å². The Balaban J connectivity index is 2.05. The third-order valence-corrected chi connectivity index (χ3v) is 4.40. The van der Waals surface area contributed by atoms with Crippen molar-refractivity contribution in [2.75, 3.05) is 20.3 Å². The molecule has 0 amide bonds. The van der Waals surface area contributed by atoms with Crippen LogP contribution in [0.5, 0.6) is 0 Å². The Kier molecular flexibility index (Phi) is 4.05. The predicted octanol–water partition coefficient (Wildman–Crippen LogP) is 1.60. The van der Waals surface area contributed by atoms with Crippen molar-refractivity contribution in [1.82, 2.24) is 4.90 Å². The molecule has 2 fully saturated rings. The fraction of sp³-hybridized carbons (Fsp3) is 0.923. The summed E-state index contributed by atoms with van der Waals surface area (Å²) in [5.41, 5.74) is 0. The molecule has 17 heavy (non-hydrogen) atoms. The minimum atomic E-state index is -0.632. The molecule has 0 aromatic heterocycles. The topological polar surface area (TPSA) is 49.8 Å². The van der Waals surface area contributed by atoms with Crippen LogP contribution in [0, 0.1) is 11.8 Å². The lowest BCUT2D eigenvalue weighted by Gasteiger charge is -2.40. The molecule has 1 aliphatic carbocycles. The molecule has 2 aliphatic rings. The highest BCUT2D eigenvalue weighted by molar-refractivity contribution is 5.71. The van der Waals surface area contributed by atoms with E-state index in [1.807, 2.05) is 0 Å². The van der Waals surface area contributed by atoms with Crippen LogP contribution in [0.1, 0.15) is 32.6 Å². The largest absolute Gasteiger partial charge is 0.481 e. The van der Waals surface area contributed by atoms with Gasteiger partial charge in [-0.25, -0.2) is 0 Å². The number of ether oxygens (including phenoxy) is 1. The number of carboxylic acids is 1. The van der Waals surface area contributed by atoms with Crippen molar-refractivity contribution in [1.29, 1.82) is 0 Å². The number of carbonyl (C=O) groups is 1. The van der Waals surface area contributed by atoms with E-state index in [9.17, 15) is 9.90 Å². The average Bonchev–Trinajstić information content (AvgIpc) is 2.80. The van der Waals surface area contributed by atoms with Gasteiger partial charge in [-0.3, -0.25) is 9.69 Å². The van der Waals surface area contributed by atoms with E-state index in [1.165, 1.54) is 0 Å². The maximum absolute atomic E-state index is 11.3. The zero-order chi connectivity index (χ0) is 12.4. The molecule has 2 rings (SSSR count). The van der Waals surface area contributed by atoms with E-state index in [0.29, 0.717) is 12.0 Å². The molecule has 1 saturated carbocycles. The van der Waals surface area contributed by atoms with E-state index >= 15 is 0 Å². The van der Waals surface area contributed by atoms with Crippen molar-refractivity contribution in [3.63, 3.8) is 0 Å². The highest BCUT2D eigenvalue weighted by Gasteiger charge is 2.38. The zero-order valence-electron chi connectivity index (χ0n) is 10.8. The fourth-order valence-corrected chi connectivity index (χ4v) is 3.20. The van der Waals surface area contributed by atoms with Gasteiger partial charge in [0.2, 0.25) is 0 Å². The lowest BCUT2D eigenvalue weighted by molar-refractivity contribution is -0.146. The Labute approximate surface area is 103 Å². The number of likely N-dealkylation sites (N-methyl/N-ethyl adjacent to an activating group) is 1. The monoisotopic (exact) mass is 241 g/mol. The van der Waals surface area contributed by atoms with Crippen LogP contribution in [0.3, 0.4) is 0 Å². The lowest BCUT2D eigenvalue weighted by atomic mass is 9.78. The van der Waals surface area contributed by atoms with Gasteiger partial charge >= 0.3 is 5.97 Å². The highest BCUT2D eigenvalue weighted by Crippen LogP contribution is 2.33. The zero-order valence-corrected chi connectivity index (χ0v) is 10.8. The first-order valence-electron chi connectivity index (χ1n) is 6.62. The van der Waals surface area contributed by atoms with E-state index in [2.05, 4.69) is 18.9 Å². The summed E-state index contributed by atoms with van der Waals surface area (Å²) in [5, 5.41) is 9.33. The summed E-state index contributed by atoms with van der Waals surface area (Å²) in [5.74, 6) is -0.190. The number of aliphatic carboxylic acids is 1. The number of rotatable bonds is 3. The first kappa shape index (κ1) is 12.8. The van der Waals surface area contributed by atoms with Gasteiger partial charge < -0.3 is 9.84 Å². The summed E-state index contributed by atoms with van der Waals surface area (Å²) in [6.07, 6.45) is 3.90. The van der Waals surface area contributed by atoms with E-state index in [1.54, 1.807) is 0 Å². The predicted molar refractivity (Wildman–Crippen MR) is 64.9 cm³/mol. The minimum Gasteiger partial charge on any atom is -0.481 e. The Hall–Kier alpha value is -0.610. The van der Waals surface area contributed by atoms with E-state index < -0.39 is 5.97 Å². The van der Waals surface area contributed by atoms with Crippen molar-refractivity contribution in [3.8, 4) is 0 Å². The van der Waals surface area contributed by atoms with Crippen molar-refractivity contribution in [2.45, 2.75) is 44.7 Å². The number of hydrogen-bond donors (Lipinski definition) is 1. The molecule has 0 spiro atoms. The van der Waals surface area contributed by atoms with Crippen LogP contribution >= 0.6 is 0 Å². The molecule has 4 unspecified atom stereocenters. The summed E-state index contributed by atoms with van der Waals surface area (Å²) in [6.45, 7) is 3.80. The molecule has 0 aromatic carbocycles. The van der Waals surface area contributed by atoms with Gasteiger partial charge in [-0.1, -0.05) is 6.92 Å². The lowest BCUT2D eigenvalue weighted by Crippen LogP contribution is -2.49. The van der Waals surface area contributed by atoms with Crippen LogP contribution in [-0.4, -0.2) is 48.3 Å². The van der Waals surface area contributed by atoms with Gasteiger partial charge in [0.1, 0.15) is 0 Å². The number of nitrogens with zero attached hydrogens (tertiary/aromatic N) is 1. The molecular weight excluding hydrogens is 218 g/mol. The third-order valence-electron chi connectivity index (χ3n) is 4.40. The molecule has 98 valence electrons. The van der Waals surface area contributed by atoms with E-state index in [-0.39, 0.29) is 12.0 Å². The fourth-order valence-electron chi connectivity index (χ4n) is 3.20. The summed E-state index contributed by atoms with van der Waals surface area (Å²) in [4.78, 5) is 13.6. The maximum atomic E-state index is 11.3. The van der Waals surface area contributed by atoms with E-state index in [0.717, 1.165) is 38.9 Å².